The van der Waals surface area contributed by atoms with E-state index in [1.54, 1.807) is 24.3 Å². The van der Waals surface area contributed by atoms with Gasteiger partial charge in [0.25, 0.3) is 0 Å². The molecule has 3 rings (SSSR count). The number of benzene rings is 1. The Bertz CT molecular complexity index is 777. The SMILES string of the molecule is O=C(CCc1nc(-c2ccc(Cl)cc2)no1)NNC(=S)NCC1CCCO1. The van der Waals surface area contributed by atoms with Crippen molar-refractivity contribution in [2.45, 2.75) is 31.8 Å². The molecule has 1 atom stereocenters. The summed E-state index contributed by atoms with van der Waals surface area (Å²) in [7, 11) is 0. The predicted octanol–water partition coefficient (Wildman–Crippen LogP) is 2.00. The zero-order valence-electron chi connectivity index (χ0n) is 14.5. The second-order valence-electron chi connectivity index (χ2n) is 6.04. The highest BCUT2D eigenvalue weighted by Gasteiger charge is 2.15. The van der Waals surface area contributed by atoms with E-state index in [9.17, 15) is 4.79 Å². The van der Waals surface area contributed by atoms with Gasteiger partial charge in [0, 0.05) is 36.6 Å². The third-order valence-corrected chi connectivity index (χ3v) is 4.46. The van der Waals surface area contributed by atoms with Gasteiger partial charge >= 0.3 is 0 Å². The lowest BCUT2D eigenvalue weighted by Gasteiger charge is -2.14. The normalized spacial score (nSPS) is 16.1. The standard InChI is InChI=1S/C17H20ClN5O3S/c18-12-5-3-11(4-6-12)16-20-15(26-23-16)8-7-14(24)21-22-17(27)19-10-13-2-1-9-25-13/h3-6,13H,1-2,7-10H2,(H,21,24)(H2,19,22,27). The molecular weight excluding hydrogens is 390 g/mol. The van der Waals surface area contributed by atoms with Crippen LogP contribution in [0.5, 0.6) is 0 Å². The maximum absolute atomic E-state index is 11.9. The number of aryl methyl sites for hydroxylation is 1. The summed E-state index contributed by atoms with van der Waals surface area (Å²) in [6.07, 6.45) is 2.77. The maximum atomic E-state index is 11.9. The highest BCUT2D eigenvalue weighted by atomic mass is 35.5. The first kappa shape index (κ1) is 19.5. The number of nitrogens with zero attached hydrogens (tertiary/aromatic N) is 2. The van der Waals surface area contributed by atoms with E-state index in [1.807, 2.05) is 0 Å². The van der Waals surface area contributed by atoms with Crippen LogP contribution in [0.15, 0.2) is 28.8 Å². The van der Waals surface area contributed by atoms with Crippen molar-refractivity contribution >= 4 is 34.8 Å². The van der Waals surface area contributed by atoms with Crippen molar-refractivity contribution in [3.05, 3.63) is 35.2 Å². The Morgan fingerprint density at radius 3 is 2.85 bits per heavy atom. The first-order valence-electron chi connectivity index (χ1n) is 8.63. The van der Waals surface area contributed by atoms with E-state index in [0.29, 0.717) is 34.8 Å². The summed E-state index contributed by atoms with van der Waals surface area (Å²) in [6, 6.07) is 7.11. The molecule has 2 heterocycles. The van der Waals surface area contributed by atoms with Gasteiger partial charge in [0.15, 0.2) is 5.11 Å². The van der Waals surface area contributed by atoms with Crippen molar-refractivity contribution in [1.82, 2.24) is 26.3 Å². The summed E-state index contributed by atoms with van der Waals surface area (Å²) in [5, 5.41) is 7.90. The number of aromatic nitrogens is 2. The molecule has 0 saturated carbocycles. The van der Waals surface area contributed by atoms with Gasteiger partial charge in [0.1, 0.15) is 0 Å². The Morgan fingerprint density at radius 1 is 1.30 bits per heavy atom. The van der Waals surface area contributed by atoms with Crippen LogP contribution < -0.4 is 16.2 Å². The minimum Gasteiger partial charge on any atom is -0.376 e. The fraction of sp³-hybridized carbons (Fsp3) is 0.412. The Labute approximate surface area is 167 Å². The highest BCUT2D eigenvalue weighted by molar-refractivity contribution is 7.80. The van der Waals surface area contributed by atoms with Crippen LogP contribution in [0.3, 0.4) is 0 Å². The molecule has 1 amide bonds. The molecule has 8 nitrogen and oxygen atoms in total. The topological polar surface area (TPSA) is 101 Å². The van der Waals surface area contributed by atoms with Crippen molar-refractivity contribution < 1.29 is 14.1 Å². The average molecular weight is 410 g/mol. The molecule has 2 aromatic rings. The number of hydrogen-bond donors (Lipinski definition) is 3. The number of halogens is 1. The number of hydrazine groups is 1. The van der Waals surface area contributed by atoms with Crippen LogP contribution in [0.2, 0.25) is 5.02 Å². The van der Waals surface area contributed by atoms with Crippen LogP contribution >= 0.6 is 23.8 Å². The lowest BCUT2D eigenvalue weighted by Crippen LogP contribution is -2.48. The molecule has 10 heteroatoms. The molecule has 1 aromatic heterocycles. The first-order chi connectivity index (χ1) is 13.1. The molecule has 3 N–H and O–H groups in total. The Kier molecular flexibility index (Phi) is 6.97. The summed E-state index contributed by atoms with van der Waals surface area (Å²) in [5.41, 5.74) is 5.99. The van der Waals surface area contributed by atoms with E-state index >= 15 is 0 Å². The molecule has 27 heavy (non-hydrogen) atoms. The fourth-order valence-corrected chi connectivity index (χ4v) is 2.80. The minimum absolute atomic E-state index is 0.174. The van der Waals surface area contributed by atoms with Gasteiger partial charge in [-0.05, 0) is 49.3 Å². The van der Waals surface area contributed by atoms with Crippen LogP contribution in [0, 0.1) is 0 Å². The van der Waals surface area contributed by atoms with Gasteiger partial charge in [-0.15, -0.1) is 0 Å². The van der Waals surface area contributed by atoms with Crippen molar-refractivity contribution in [2.24, 2.45) is 0 Å². The lowest BCUT2D eigenvalue weighted by molar-refractivity contribution is -0.121. The number of nitrogens with one attached hydrogen (secondary N) is 3. The van der Waals surface area contributed by atoms with Gasteiger partial charge in [0.2, 0.25) is 17.6 Å². The van der Waals surface area contributed by atoms with Gasteiger partial charge in [-0.2, -0.15) is 4.98 Å². The van der Waals surface area contributed by atoms with E-state index < -0.39 is 0 Å². The van der Waals surface area contributed by atoms with Crippen molar-refractivity contribution in [1.29, 1.82) is 0 Å². The van der Waals surface area contributed by atoms with Gasteiger partial charge in [-0.3, -0.25) is 15.6 Å². The van der Waals surface area contributed by atoms with Crippen molar-refractivity contribution in [3.63, 3.8) is 0 Å². The van der Waals surface area contributed by atoms with Crippen molar-refractivity contribution in [2.75, 3.05) is 13.2 Å². The van der Waals surface area contributed by atoms with Crippen LogP contribution in [-0.4, -0.2) is 40.4 Å². The van der Waals surface area contributed by atoms with Crippen LogP contribution in [0.1, 0.15) is 25.2 Å². The average Bonchev–Trinajstić information content (AvgIpc) is 3.35. The van der Waals surface area contributed by atoms with Crippen LogP contribution in [0.4, 0.5) is 0 Å². The molecule has 144 valence electrons. The number of carbonyl (C=O) groups excluding carboxylic acids is 1. The van der Waals surface area contributed by atoms with E-state index in [0.717, 1.165) is 25.0 Å². The molecule has 1 aromatic carbocycles. The predicted molar refractivity (Wildman–Crippen MR) is 104 cm³/mol. The smallest absolute Gasteiger partial charge is 0.238 e. The fourth-order valence-electron chi connectivity index (χ4n) is 2.54. The minimum atomic E-state index is -0.234. The summed E-state index contributed by atoms with van der Waals surface area (Å²) in [4.78, 5) is 16.2. The lowest BCUT2D eigenvalue weighted by atomic mass is 10.2. The molecule has 1 unspecified atom stereocenters. The summed E-state index contributed by atoms with van der Waals surface area (Å²) in [6.45, 7) is 1.41. The Balaban J connectivity index is 1.36. The number of hydrogen-bond acceptors (Lipinski definition) is 6. The molecular formula is C17H20ClN5O3S. The zero-order chi connectivity index (χ0) is 19.1. The monoisotopic (exact) mass is 409 g/mol. The van der Waals surface area contributed by atoms with Crippen molar-refractivity contribution in [3.8, 4) is 11.4 Å². The molecule has 1 saturated heterocycles. The first-order valence-corrected chi connectivity index (χ1v) is 9.41. The third-order valence-electron chi connectivity index (χ3n) is 3.97. The Morgan fingerprint density at radius 2 is 2.11 bits per heavy atom. The number of amides is 1. The number of ether oxygens (including phenoxy) is 1. The second kappa shape index (κ2) is 9.63. The van der Waals surface area contributed by atoms with E-state index in [2.05, 4.69) is 26.3 Å². The molecule has 1 aliphatic heterocycles. The maximum Gasteiger partial charge on any atom is 0.238 e. The zero-order valence-corrected chi connectivity index (χ0v) is 16.1. The largest absolute Gasteiger partial charge is 0.376 e. The molecule has 0 radical (unpaired) electrons. The quantitative estimate of drug-likeness (QED) is 0.492. The highest BCUT2D eigenvalue weighted by Crippen LogP contribution is 2.18. The van der Waals surface area contributed by atoms with E-state index in [1.165, 1.54) is 0 Å². The number of thiocarbonyl (C=S) groups is 1. The van der Waals surface area contributed by atoms with E-state index in [4.69, 9.17) is 33.1 Å². The third kappa shape index (κ3) is 6.16. The van der Waals surface area contributed by atoms with Crippen LogP contribution in [-0.2, 0) is 16.0 Å². The molecule has 1 aliphatic rings. The Hall–Kier alpha value is -2.23. The molecule has 0 bridgehead atoms. The second-order valence-corrected chi connectivity index (χ2v) is 6.88. The number of rotatable bonds is 6. The van der Waals surface area contributed by atoms with E-state index in [-0.39, 0.29) is 18.4 Å². The molecule has 1 fully saturated rings. The number of carbonyl (C=O) groups is 1. The summed E-state index contributed by atoms with van der Waals surface area (Å²) < 4.78 is 10.7. The summed E-state index contributed by atoms with van der Waals surface area (Å²) in [5.74, 6) is 0.608. The molecule has 0 spiro atoms. The summed E-state index contributed by atoms with van der Waals surface area (Å²) >= 11 is 11.0. The van der Waals surface area contributed by atoms with Gasteiger partial charge in [-0.1, -0.05) is 16.8 Å². The van der Waals surface area contributed by atoms with Gasteiger partial charge in [0.05, 0.1) is 6.10 Å². The van der Waals surface area contributed by atoms with Gasteiger partial charge < -0.3 is 14.6 Å². The molecule has 0 aliphatic carbocycles. The van der Waals surface area contributed by atoms with Gasteiger partial charge in [-0.25, -0.2) is 0 Å². The van der Waals surface area contributed by atoms with Crippen LogP contribution in [0.25, 0.3) is 11.4 Å².